The molecular weight excluding hydrogens is 311 g/mol. The van der Waals surface area contributed by atoms with E-state index in [2.05, 4.69) is 4.98 Å². The SMILES string of the molecule is CC(C)c1c(Cl)[nH]c(=O)n(C(C)c2cccc(Cl)c2)c1=O. The number of rotatable bonds is 3. The first kappa shape index (κ1) is 15.9. The molecule has 1 atom stereocenters. The third-order valence-electron chi connectivity index (χ3n) is 3.42. The summed E-state index contributed by atoms with van der Waals surface area (Å²) in [6, 6.07) is 6.65. The molecule has 0 bridgehead atoms. The van der Waals surface area contributed by atoms with Crippen LogP contribution < -0.4 is 11.2 Å². The van der Waals surface area contributed by atoms with Gasteiger partial charge < -0.3 is 0 Å². The van der Waals surface area contributed by atoms with E-state index in [4.69, 9.17) is 23.2 Å². The maximum atomic E-state index is 12.6. The van der Waals surface area contributed by atoms with Gasteiger partial charge in [-0.15, -0.1) is 0 Å². The van der Waals surface area contributed by atoms with Gasteiger partial charge in [-0.2, -0.15) is 0 Å². The number of nitrogens with zero attached hydrogens (tertiary/aromatic N) is 1. The number of hydrogen-bond donors (Lipinski definition) is 1. The second kappa shape index (κ2) is 6.08. The molecule has 0 radical (unpaired) electrons. The molecule has 1 aromatic heterocycles. The van der Waals surface area contributed by atoms with Gasteiger partial charge in [-0.05, 0) is 30.5 Å². The lowest BCUT2D eigenvalue weighted by molar-refractivity contribution is 0.566. The highest BCUT2D eigenvalue weighted by atomic mass is 35.5. The molecular formula is C15H16Cl2N2O2. The molecule has 0 saturated heterocycles. The number of nitrogens with one attached hydrogen (secondary N) is 1. The Morgan fingerprint density at radius 1 is 1.14 bits per heavy atom. The van der Waals surface area contributed by atoms with Crippen LogP contribution in [0, 0.1) is 0 Å². The second-order valence-corrected chi connectivity index (χ2v) is 6.03. The lowest BCUT2D eigenvalue weighted by atomic mass is 10.1. The minimum Gasteiger partial charge on any atom is -0.297 e. The van der Waals surface area contributed by atoms with Crippen LogP contribution in [0.15, 0.2) is 33.9 Å². The van der Waals surface area contributed by atoms with Crippen LogP contribution in [0.1, 0.15) is 43.9 Å². The molecule has 112 valence electrons. The average molecular weight is 327 g/mol. The van der Waals surface area contributed by atoms with Gasteiger partial charge in [0.05, 0.1) is 11.6 Å². The standard InChI is InChI=1S/C15H16Cl2N2O2/c1-8(2)12-13(17)18-15(21)19(14(12)20)9(3)10-5-4-6-11(16)7-10/h4-9H,1-3H3,(H,18,21). The first-order chi connectivity index (χ1) is 9.82. The summed E-state index contributed by atoms with van der Waals surface area (Å²) in [5, 5.41) is 0.663. The fourth-order valence-electron chi connectivity index (χ4n) is 2.31. The van der Waals surface area contributed by atoms with Crippen molar-refractivity contribution in [1.82, 2.24) is 9.55 Å². The Kier molecular flexibility index (Phi) is 4.59. The van der Waals surface area contributed by atoms with Crippen molar-refractivity contribution in [2.45, 2.75) is 32.7 Å². The van der Waals surface area contributed by atoms with Crippen LogP contribution in [0.25, 0.3) is 0 Å². The smallest absolute Gasteiger partial charge is 0.297 e. The van der Waals surface area contributed by atoms with E-state index in [9.17, 15) is 9.59 Å². The predicted octanol–water partition coefficient (Wildman–Crippen LogP) is 3.58. The van der Waals surface area contributed by atoms with Crippen LogP contribution >= 0.6 is 23.2 Å². The quantitative estimate of drug-likeness (QED) is 0.876. The van der Waals surface area contributed by atoms with Gasteiger partial charge in [0.2, 0.25) is 0 Å². The van der Waals surface area contributed by atoms with E-state index in [1.807, 2.05) is 19.9 Å². The average Bonchev–Trinajstić information content (AvgIpc) is 2.37. The van der Waals surface area contributed by atoms with Crippen LogP contribution in [0.4, 0.5) is 0 Å². The molecule has 0 amide bonds. The Balaban J connectivity index is 2.67. The highest BCUT2D eigenvalue weighted by Gasteiger charge is 2.20. The minimum atomic E-state index is -0.526. The Morgan fingerprint density at radius 2 is 1.81 bits per heavy atom. The molecule has 1 N–H and O–H groups in total. The van der Waals surface area contributed by atoms with Crippen LogP contribution in [0.5, 0.6) is 0 Å². The maximum Gasteiger partial charge on any atom is 0.330 e. The summed E-state index contributed by atoms with van der Waals surface area (Å²) in [5.41, 5.74) is 0.297. The van der Waals surface area contributed by atoms with Gasteiger partial charge in [-0.1, -0.05) is 49.2 Å². The van der Waals surface area contributed by atoms with E-state index in [0.717, 1.165) is 5.56 Å². The van der Waals surface area contributed by atoms with E-state index < -0.39 is 11.7 Å². The number of H-pyrrole nitrogens is 1. The fourth-order valence-corrected chi connectivity index (χ4v) is 2.88. The summed E-state index contributed by atoms with van der Waals surface area (Å²) in [6.45, 7) is 5.49. The number of benzene rings is 1. The summed E-state index contributed by atoms with van der Waals surface area (Å²) < 4.78 is 1.17. The molecule has 2 aromatic rings. The van der Waals surface area contributed by atoms with E-state index in [0.29, 0.717) is 10.6 Å². The Labute approximate surface area is 132 Å². The number of aromatic amines is 1. The topological polar surface area (TPSA) is 54.9 Å². The summed E-state index contributed by atoms with van der Waals surface area (Å²) in [7, 11) is 0. The van der Waals surface area contributed by atoms with Gasteiger partial charge in [0.25, 0.3) is 5.56 Å². The van der Waals surface area contributed by atoms with Gasteiger partial charge >= 0.3 is 5.69 Å². The molecule has 1 aromatic carbocycles. The monoisotopic (exact) mass is 326 g/mol. The highest BCUT2D eigenvalue weighted by Crippen LogP contribution is 2.21. The van der Waals surface area contributed by atoms with E-state index >= 15 is 0 Å². The molecule has 0 aliphatic rings. The molecule has 0 aliphatic carbocycles. The number of hydrogen-bond acceptors (Lipinski definition) is 2. The van der Waals surface area contributed by atoms with Gasteiger partial charge in [0, 0.05) is 5.02 Å². The number of halogens is 2. The summed E-state index contributed by atoms with van der Waals surface area (Å²) >= 11 is 12.0. The highest BCUT2D eigenvalue weighted by molar-refractivity contribution is 6.30. The van der Waals surface area contributed by atoms with Gasteiger partial charge in [0.15, 0.2) is 0 Å². The van der Waals surface area contributed by atoms with Crippen molar-refractivity contribution in [1.29, 1.82) is 0 Å². The van der Waals surface area contributed by atoms with Gasteiger partial charge in [-0.25, -0.2) is 4.79 Å². The molecule has 1 heterocycles. The summed E-state index contributed by atoms with van der Waals surface area (Å²) in [5.74, 6) is -0.0836. The third-order valence-corrected chi connectivity index (χ3v) is 3.95. The molecule has 0 spiro atoms. The molecule has 21 heavy (non-hydrogen) atoms. The molecule has 1 unspecified atom stereocenters. The Bertz CT molecular complexity index is 778. The van der Waals surface area contributed by atoms with Crippen LogP contribution in [0.2, 0.25) is 10.2 Å². The molecule has 0 aliphatic heterocycles. The van der Waals surface area contributed by atoms with Crippen molar-refractivity contribution >= 4 is 23.2 Å². The van der Waals surface area contributed by atoms with Crippen LogP contribution in [-0.2, 0) is 0 Å². The van der Waals surface area contributed by atoms with E-state index in [1.54, 1.807) is 25.1 Å². The van der Waals surface area contributed by atoms with Crippen molar-refractivity contribution in [2.75, 3.05) is 0 Å². The van der Waals surface area contributed by atoms with Gasteiger partial charge in [-0.3, -0.25) is 14.3 Å². The van der Waals surface area contributed by atoms with Gasteiger partial charge in [0.1, 0.15) is 5.15 Å². The van der Waals surface area contributed by atoms with Crippen LogP contribution in [-0.4, -0.2) is 9.55 Å². The largest absolute Gasteiger partial charge is 0.330 e. The third kappa shape index (κ3) is 3.06. The van der Waals surface area contributed by atoms with Crippen LogP contribution in [0.3, 0.4) is 0 Å². The second-order valence-electron chi connectivity index (χ2n) is 5.22. The summed E-state index contributed by atoms with van der Waals surface area (Å²) in [6.07, 6.45) is 0. The predicted molar refractivity (Wildman–Crippen MR) is 85.7 cm³/mol. The fraction of sp³-hybridized carbons (Fsp3) is 0.333. The Morgan fingerprint density at radius 3 is 2.38 bits per heavy atom. The molecule has 0 fully saturated rings. The van der Waals surface area contributed by atoms with E-state index in [-0.39, 0.29) is 16.6 Å². The molecule has 0 saturated carbocycles. The first-order valence-electron chi connectivity index (χ1n) is 6.62. The normalized spacial score (nSPS) is 12.7. The van der Waals surface area contributed by atoms with E-state index in [1.165, 1.54) is 4.57 Å². The summed E-state index contributed by atoms with van der Waals surface area (Å²) in [4.78, 5) is 27.2. The first-order valence-corrected chi connectivity index (χ1v) is 7.38. The van der Waals surface area contributed by atoms with Crippen molar-refractivity contribution in [3.05, 3.63) is 66.4 Å². The van der Waals surface area contributed by atoms with Crippen molar-refractivity contribution in [3.63, 3.8) is 0 Å². The van der Waals surface area contributed by atoms with Crippen molar-refractivity contribution in [2.24, 2.45) is 0 Å². The molecule has 6 heteroatoms. The lowest BCUT2D eigenvalue weighted by Gasteiger charge is -2.17. The maximum absolute atomic E-state index is 12.6. The minimum absolute atomic E-state index is 0.0836. The van der Waals surface area contributed by atoms with Crippen molar-refractivity contribution in [3.8, 4) is 0 Å². The van der Waals surface area contributed by atoms with Crippen molar-refractivity contribution < 1.29 is 0 Å². The molecule has 4 nitrogen and oxygen atoms in total. The molecule has 2 rings (SSSR count). The Hall–Kier alpha value is -1.52. The number of aromatic nitrogens is 2. The zero-order chi connectivity index (χ0) is 15.7. The zero-order valence-corrected chi connectivity index (χ0v) is 13.5. The zero-order valence-electron chi connectivity index (χ0n) is 12.0. The lowest BCUT2D eigenvalue weighted by Crippen LogP contribution is -2.40.